The number of furan rings is 1. The first-order valence-corrected chi connectivity index (χ1v) is 6.18. The third kappa shape index (κ3) is 3.60. The normalized spacial score (nSPS) is 11.2. The van der Waals surface area contributed by atoms with Crippen molar-refractivity contribution in [1.82, 2.24) is 0 Å². The Kier molecular flexibility index (Phi) is 3.79. The van der Waals surface area contributed by atoms with Crippen LogP contribution >= 0.6 is 0 Å². The van der Waals surface area contributed by atoms with Crippen LogP contribution in [0, 0.1) is 5.82 Å². The molecule has 1 heterocycles. The first-order chi connectivity index (χ1) is 9.35. The van der Waals surface area contributed by atoms with Crippen molar-refractivity contribution in [2.45, 2.75) is 26.4 Å². The number of rotatable bonds is 2. The van der Waals surface area contributed by atoms with Gasteiger partial charge in [-0.25, -0.2) is 9.18 Å². The van der Waals surface area contributed by atoms with Gasteiger partial charge in [0, 0.05) is 5.56 Å². The lowest BCUT2D eigenvalue weighted by Crippen LogP contribution is -2.27. The molecule has 5 heteroatoms. The summed E-state index contributed by atoms with van der Waals surface area (Å²) in [5.74, 6) is 0.0116. The predicted octanol–water partition coefficient (Wildman–Crippen LogP) is 4.43. The Morgan fingerprint density at radius 2 is 2.05 bits per heavy atom. The van der Waals surface area contributed by atoms with Crippen LogP contribution in [0.1, 0.15) is 20.8 Å². The quantitative estimate of drug-likeness (QED) is 0.883. The van der Waals surface area contributed by atoms with Crippen molar-refractivity contribution in [3.63, 3.8) is 0 Å². The third-order valence-electron chi connectivity index (χ3n) is 2.41. The molecule has 1 aromatic carbocycles. The molecule has 0 aliphatic rings. The summed E-state index contributed by atoms with van der Waals surface area (Å²) >= 11 is 0. The van der Waals surface area contributed by atoms with Gasteiger partial charge in [0.05, 0.1) is 12.0 Å². The van der Waals surface area contributed by atoms with Crippen LogP contribution in [0.5, 0.6) is 0 Å². The number of anilines is 1. The Labute approximate surface area is 116 Å². The van der Waals surface area contributed by atoms with E-state index in [1.54, 1.807) is 39.0 Å². The predicted molar refractivity (Wildman–Crippen MR) is 74.0 cm³/mol. The van der Waals surface area contributed by atoms with Crippen LogP contribution in [0.3, 0.4) is 0 Å². The fourth-order valence-electron chi connectivity index (χ4n) is 1.63. The highest BCUT2D eigenvalue weighted by molar-refractivity contribution is 5.85. The van der Waals surface area contributed by atoms with Crippen molar-refractivity contribution in [1.29, 1.82) is 0 Å². The highest BCUT2D eigenvalue weighted by Gasteiger charge is 2.17. The summed E-state index contributed by atoms with van der Waals surface area (Å²) in [5.41, 5.74) is 0.0334. The number of nitrogens with one attached hydrogen (secondary N) is 1. The summed E-state index contributed by atoms with van der Waals surface area (Å²) in [5, 5.41) is 2.37. The molecule has 0 saturated carbocycles. The molecule has 0 aliphatic heterocycles. The van der Waals surface area contributed by atoms with E-state index >= 15 is 0 Å². The SMILES string of the molecule is CC(C)(C)OC(=O)Nc1ccc(-c2ccco2)cc1F. The Morgan fingerprint density at radius 3 is 2.60 bits per heavy atom. The zero-order valence-electron chi connectivity index (χ0n) is 11.6. The highest BCUT2D eigenvalue weighted by atomic mass is 19.1. The van der Waals surface area contributed by atoms with Crippen LogP contribution < -0.4 is 5.32 Å². The number of carbonyl (C=O) groups is 1. The minimum absolute atomic E-state index is 0.0644. The fraction of sp³-hybridized carbons (Fsp3) is 0.267. The van der Waals surface area contributed by atoms with E-state index in [4.69, 9.17) is 9.15 Å². The van der Waals surface area contributed by atoms with Crippen molar-refractivity contribution < 1.29 is 18.3 Å². The Balaban J connectivity index is 2.13. The van der Waals surface area contributed by atoms with Crippen LogP contribution in [-0.2, 0) is 4.74 Å². The Hall–Kier alpha value is -2.30. The number of ether oxygens (including phenoxy) is 1. The number of benzene rings is 1. The van der Waals surface area contributed by atoms with E-state index in [0.29, 0.717) is 11.3 Å². The van der Waals surface area contributed by atoms with Gasteiger partial charge in [-0.2, -0.15) is 0 Å². The molecular weight excluding hydrogens is 261 g/mol. The highest BCUT2D eigenvalue weighted by Crippen LogP contribution is 2.25. The summed E-state index contributed by atoms with van der Waals surface area (Å²) in [7, 11) is 0. The molecule has 1 N–H and O–H groups in total. The van der Waals surface area contributed by atoms with E-state index in [2.05, 4.69) is 5.32 Å². The van der Waals surface area contributed by atoms with E-state index in [1.807, 2.05) is 0 Å². The maximum Gasteiger partial charge on any atom is 0.412 e. The number of halogens is 1. The second kappa shape index (κ2) is 5.36. The molecule has 0 bridgehead atoms. The molecule has 0 aliphatic carbocycles. The second-order valence-electron chi connectivity index (χ2n) is 5.30. The summed E-state index contributed by atoms with van der Waals surface area (Å²) in [6.07, 6.45) is 0.822. The molecule has 2 aromatic rings. The monoisotopic (exact) mass is 277 g/mol. The van der Waals surface area contributed by atoms with Gasteiger partial charge >= 0.3 is 6.09 Å². The van der Waals surface area contributed by atoms with Crippen molar-refractivity contribution in [2.75, 3.05) is 5.32 Å². The lowest BCUT2D eigenvalue weighted by atomic mass is 10.1. The molecule has 0 unspecified atom stereocenters. The Morgan fingerprint density at radius 1 is 1.30 bits per heavy atom. The molecule has 0 fully saturated rings. The van der Waals surface area contributed by atoms with Gasteiger partial charge in [0.2, 0.25) is 0 Å². The van der Waals surface area contributed by atoms with E-state index in [-0.39, 0.29) is 5.69 Å². The summed E-state index contributed by atoms with van der Waals surface area (Å²) in [6, 6.07) is 7.88. The van der Waals surface area contributed by atoms with Crippen molar-refractivity contribution in [2.24, 2.45) is 0 Å². The molecule has 20 heavy (non-hydrogen) atoms. The molecule has 0 radical (unpaired) electrons. The average molecular weight is 277 g/mol. The molecule has 0 saturated heterocycles. The van der Waals surface area contributed by atoms with Gasteiger partial charge in [-0.3, -0.25) is 5.32 Å². The lowest BCUT2D eigenvalue weighted by Gasteiger charge is -2.19. The number of hydrogen-bond acceptors (Lipinski definition) is 3. The van der Waals surface area contributed by atoms with E-state index in [9.17, 15) is 9.18 Å². The molecule has 0 atom stereocenters. The zero-order valence-corrected chi connectivity index (χ0v) is 11.6. The first-order valence-electron chi connectivity index (χ1n) is 6.18. The van der Waals surface area contributed by atoms with Crippen LogP contribution in [0.2, 0.25) is 0 Å². The van der Waals surface area contributed by atoms with E-state index < -0.39 is 17.5 Å². The average Bonchev–Trinajstić information content (AvgIpc) is 2.82. The van der Waals surface area contributed by atoms with Gasteiger partial charge in [0.1, 0.15) is 17.2 Å². The van der Waals surface area contributed by atoms with Gasteiger partial charge in [0.25, 0.3) is 0 Å². The molecule has 4 nitrogen and oxygen atoms in total. The van der Waals surface area contributed by atoms with E-state index in [1.165, 1.54) is 18.4 Å². The molecule has 2 rings (SSSR count). The zero-order chi connectivity index (χ0) is 14.8. The summed E-state index contributed by atoms with van der Waals surface area (Å²) in [6.45, 7) is 5.22. The second-order valence-corrected chi connectivity index (χ2v) is 5.30. The molecular formula is C15H16FNO3. The van der Waals surface area contributed by atoms with Crippen LogP contribution in [0.25, 0.3) is 11.3 Å². The number of carbonyl (C=O) groups excluding carboxylic acids is 1. The third-order valence-corrected chi connectivity index (χ3v) is 2.41. The minimum atomic E-state index is -0.692. The smallest absolute Gasteiger partial charge is 0.412 e. The Bertz CT molecular complexity index is 600. The van der Waals surface area contributed by atoms with Crippen LogP contribution in [0.4, 0.5) is 14.9 Å². The maximum absolute atomic E-state index is 13.9. The lowest BCUT2D eigenvalue weighted by molar-refractivity contribution is 0.0635. The molecule has 106 valence electrons. The van der Waals surface area contributed by atoms with E-state index in [0.717, 1.165) is 0 Å². The summed E-state index contributed by atoms with van der Waals surface area (Å²) in [4.78, 5) is 11.6. The van der Waals surface area contributed by atoms with Crippen molar-refractivity contribution in [3.8, 4) is 11.3 Å². The largest absolute Gasteiger partial charge is 0.464 e. The van der Waals surface area contributed by atoms with Gasteiger partial charge in [-0.1, -0.05) is 0 Å². The maximum atomic E-state index is 13.9. The molecule has 1 aromatic heterocycles. The van der Waals surface area contributed by atoms with Crippen LogP contribution in [-0.4, -0.2) is 11.7 Å². The number of amides is 1. The molecule has 1 amide bonds. The van der Waals surface area contributed by atoms with Gasteiger partial charge in [0.15, 0.2) is 0 Å². The fourth-order valence-corrected chi connectivity index (χ4v) is 1.63. The molecule has 0 spiro atoms. The minimum Gasteiger partial charge on any atom is -0.464 e. The first kappa shape index (κ1) is 14.1. The van der Waals surface area contributed by atoms with Crippen molar-refractivity contribution >= 4 is 11.8 Å². The summed E-state index contributed by atoms with van der Waals surface area (Å²) < 4.78 is 24.2. The number of hydrogen-bond donors (Lipinski definition) is 1. The van der Waals surface area contributed by atoms with Gasteiger partial charge < -0.3 is 9.15 Å². The van der Waals surface area contributed by atoms with Crippen molar-refractivity contribution in [3.05, 3.63) is 42.4 Å². The topological polar surface area (TPSA) is 51.5 Å². The van der Waals surface area contributed by atoms with Gasteiger partial charge in [-0.05, 0) is 51.1 Å². The van der Waals surface area contributed by atoms with Crippen LogP contribution in [0.15, 0.2) is 41.0 Å². The standard InChI is InChI=1S/C15H16FNO3/c1-15(2,3)20-14(18)17-12-7-6-10(9-11(12)16)13-5-4-8-19-13/h4-9H,1-3H3,(H,17,18). The van der Waals surface area contributed by atoms with Gasteiger partial charge in [-0.15, -0.1) is 0 Å².